The lowest BCUT2D eigenvalue weighted by atomic mass is 9.93. The van der Waals surface area contributed by atoms with E-state index in [0.29, 0.717) is 0 Å². The van der Waals surface area contributed by atoms with E-state index in [1.54, 1.807) is 30.3 Å². The van der Waals surface area contributed by atoms with Gasteiger partial charge in [0.05, 0.1) is 12.7 Å². The molecule has 0 spiro atoms. The van der Waals surface area contributed by atoms with Crippen LogP contribution in [0.25, 0.3) is 0 Å². The summed E-state index contributed by atoms with van der Waals surface area (Å²) in [5.41, 5.74) is 3.93. The molecule has 0 heterocycles. The van der Waals surface area contributed by atoms with Crippen LogP contribution in [0.2, 0.25) is 0 Å². The SMILES string of the molecule is COC(=O)C(CCN)(OC(=O)c1ccccc1)C(C)O. The van der Waals surface area contributed by atoms with Gasteiger partial charge in [0.25, 0.3) is 0 Å². The summed E-state index contributed by atoms with van der Waals surface area (Å²) >= 11 is 0. The standard InChI is InChI=1S/C14H19NO5/c1-10(16)14(8-9-15,13(18)19-2)20-12(17)11-6-4-3-5-7-11/h3-7,10,16H,8-9,15H2,1-2H3. The van der Waals surface area contributed by atoms with E-state index in [1.807, 2.05) is 0 Å². The summed E-state index contributed by atoms with van der Waals surface area (Å²) in [6.07, 6.45) is -1.28. The van der Waals surface area contributed by atoms with Crippen molar-refractivity contribution < 1.29 is 24.2 Å². The molecular formula is C14H19NO5. The van der Waals surface area contributed by atoms with Gasteiger partial charge in [0, 0.05) is 6.42 Å². The zero-order valence-electron chi connectivity index (χ0n) is 11.5. The minimum Gasteiger partial charge on any atom is -0.466 e. The Hall–Kier alpha value is -1.92. The van der Waals surface area contributed by atoms with E-state index in [4.69, 9.17) is 10.5 Å². The molecule has 20 heavy (non-hydrogen) atoms. The van der Waals surface area contributed by atoms with Crippen LogP contribution in [0.1, 0.15) is 23.7 Å². The maximum Gasteiger partial charge on any atom is 0.353 e. The second kappa shape index (κ2) is 7.02. The highest BCUT2D eigenvalue weighted by Gasteiger charge is 2.48. The average Bonchev–Trinajstić information content (AvgIpc) is 2.46. The predicted octanol–water partition coefficient (Wildman–Crippen LogP) is 0.485. The molecule has 0 bridgehead atoms. The molecule has 0 aromatic heterocycles. The molecule has 2 unspecified atom stereocenters. The molecule has 1 rings (SSSR count). The lowest BCUT2D eigenvalue weighted by Crippen LogP contribution is -2.53. The molecule has 1 aromatic rings. The second-order valence-corrected chi connectivity index (χ2v) is 4.35. The summed E-state index contributed by atoms with van der Waals surface area (Å²) in [6, 6.07) is 8.19. The summed E-state index contributed by atoms with van der Waals surface area (Å²) in [7, 11) is 1.16. The van der Waals surface area contributed by atoms with Crippen LogP contribution >= 0.6 is 0 Å². The Morgan fingerprint density at radius 2 is 1.95 bits per heavy atom. The molecular weight excluding hydrogens is 262 g/mol. The maximum atomic E-state index is 12.1. The molecule has 0 fully saturated rings. The highest BCUT2D eigenvalue weighted by Crippen LogP contribution is 2.24. The quantitative estimate of drug-likeness (QED) is 0.736. The number of aliphatic hydroxyl groups excluding tert-OH is 1. The number of rotatable bonds is 6. The minimum absolute atomic E-state index is 0.0318. The molecule has 6 heteroatoms. The van der Waals surface area contributed by atoms with E-state index in [0.717, 1.165) is 7.11 Å². The highest BCUT2D eigenvalue weighted by atomic mass is 16.6. The van der Waals surface area contributed by atoms with Crippen LogP contribution in [0.15, 0.2) is 30.3 Å². The first-order valence-corrected chi connectivity index (χ1v) is 6.23. The maximum absolute atomic E-state index is 12.1. The number of hydrogen-bond acceptors (Lipinski definition) is 6. The van der Waals surface area contributed by atoms with Gasteiger partial charge < -0.3 is 20.3 Å². The van der Waals surface area contributed by atoms with Gasteiger partial charge in [-0.25, -0.2) is 9.59 Å². The Morgan fingerprint density at radius 1 is 1.35 bits per heavy atom. The van der Waals surface area contributed by atoms with Crippen molar-refractivity contribution in [2.45, 2.75) is 25.0 Å². The third-order valence-electron chi connectivity index (χ3n) is 3.01. The Labute approximate surface area is 117 Å². The third kappa shape index (κ3) is 3.34. The molecule has 0 aliphatic rings. The topological polar surface area (TPSA) is 98.9 Å². The number of methoxy groups -OCH3 is 1. The van der Waals surface area contributed by atoms with Crippen LogP contribution < -0.4 is 5.73 Å². The number of benzene rings is 1. The van der Waals surface area contributed by atoms with Gasteiger partial charge in [-0.15, -0.1) is 0 Å². The van der Waals surface area contributed by atoms with Gasteiger partial charge in [-0.2, -0.15) is 0 Å². The Balaban J connectivity index is 3.06. The van der Waals surface area contributed by atoms with Crippen LogP contribution in [-0.2, 0) is 14.3 Å². The number of ether oxygens (including phenoxy) is 2. The summed E-state index contributed by atoms with van der Waals surface area (Å²) in [6.45, 7) is 1.41. The largest absolute Gasteiger partial charge is 0.466 e. The van der Waals surface area contributed by atoms with E-state index >= 15 is 0 Å². The smallest absolute Gasteiger partial charge is 0.353 e. The van der Waals surface area contributed by atoms with Crippen molar-refractivity contribution in [3.8, 4) is 0 Å². The van der Waals surface area contributed by atoms with Crippen molar-refractivity contribution in [1.29, 1.82) is 0 Å². The molecule has 0 amide bonds. The Morgan fingerprint density at radius 3 is 2.40 bits per heavy atom. The molecule has 1 aromatic carbocycles. The first kappa shape index (κ1) is 16.1. The predicted molar refractivity (Wildman–Crippen MR) is 72.0 cm³/mol. The average molecular weight is 281 g/mol. The number of esters is 2. The molecule has 0 radical (unpaired) electrons. The molecule has 6 nitrogen and oxygen atoms in total. The molecule has 110 valence electrons. The van der Waals surface area contributed by atoms with Crippen molar-refractivity contribution in [2.75, 3.05) is 13.7 Å². The van der Waals surface area contributed by atoms with Gasteiger partial charge in [0.1, 0.15) is 6.10 Å². The lowest BCUT2D eigenvalue weighted by molar-refractivity contribution is -0.175. The zero-order chi connectivity index (χ0) is 15.2. The second-order valence-electron chi connectivity index (χ2n) is 4.35. The van der Waals surface area contributed by atoms with Gasteiger partial charge >= 0.3 is 11.9 Å². The molecule has 0 aliphatic carbocycles. The van der Waals surface area contributed by atoms with Crippen molar-refractivity contribution in [3.63, 3.8) is 0 Å². The molecule has 0 saturated heterocycles. The van der Waals surface area contributed by atoms with Crippen LogP contribution in [0.3, 0.4) is 0 Å². The van der Waals surface area contributed by atoms with Gasteiger partial charge in [0.15, 0.2) is 0 Å². The van der Waals surface area contributed by atoms with Crippen molar-refractivity contribution in [1.82, 2.24) is 0 Å². The first-order valence-electron chi connectivity index (χ1n) is 6.23. The number of aliphatic hydroxyl groups is 1. The summed E-state index contributed by atoms with van der Waals surface area (Å²) < 4.78 is 9.87. The first-order chi connectivity index (χ1) is 9.47. The van der Waals surface area contributed by atoms with E-state index in [-0.39, 0.29) is 18.5 Å². The van der Waals surface area contributed by atoms with E-state index < -0.39 is 23.6 Å². The van der Waals surface area contributed by atoms with Crippen LogP contribution in [0.4, 0.5) is 0 Å². The lowest BCUT2D eigenvalue weighted by Gasteiger charge is -2.32. The van der Waals surface area contributed by atoms with Crippen LogP contribution in [0, 0.1) is 0 Å². The zero-order valence-corrected chi connectivity index (χ0v) is 11.5. The number of carbonyl (C=O) groups excluding carboxylic acids is 2. The third-order valence-corrected chi connectivity index (χ3v) is 3.01. The number of hydrogen-bond donors (Lipinski definition) is 2. The van der Waals surface area contributed by atoms with Crippen molar-refractivity contribution in [2.24, 2.45) is 5.73 Å². The Bertz CT molecular complexity index is 460. The van der Waals surface area contributed by atoms with Crippen LogP contribution in [0.5, 0.6) is 0 Å². The van der Waals surface area contributed by atoms with Crippen molar-refractivity contribution >= 4 is 11.9 Å². The molecule has 0 saturated carbocycles. The van der Waals surface area contributed by atoms with Gasteiger partial charge in [0.2, 0.25) is 5.60 Å². The highest BCUT2D eigenvalue weighted by molar-refractivity contribution is 5.92. The number of carbonyl (C=O) groups is 2. The van der Waals surface area contributed by atoms with Crippen LogP contribution in [-0.4, -0.2) is 42.4 Å². The monoisotopic (exact) mass is 281 g/mol. The van der Waals surface area contributed by atoms with Crippen molar-refractivity contribution in [3.05, 3.63) is 35.9 Å². The van der Waals surface area contributed by atoms with Gasteiger partial charge in [-0.1, -0.05) is 18.2 Å². The summed E-state index contributed by atoms with van der Waals surface area (Å²) in [5.74, 6) is -1.55. The fourth-order valence-corrected chi connectivity index (χ4v) is 1.85. The summed E-state index contributed by atoms with van der Waals surface area (Å²) in [5, 5.41) is 9.86. The summed E-state index contributed by atoms with van der Waals surface area (Å²) in [4.78, 5) is 24.0. The minimum atomic E-state index is -1.80. The fraction of sp³-hybridized carbons (Fsp3) is 0.429. The number of nitrogens with two attached hydrogens (primary N) is 1. The fourth-order valence-electron chi connectivity index (χ4n) is 1.85. The normalized spacial score (nSPS) is 15.0. The molecule has 0 aliphatic heterocycles. The van der Waals surface area contributed by atoms with E-state index in [9.17, 15) is 14.7 Å². The molecule has 2 atom stereocenters. The Kier molecular flexibility index (Phi) is 5.66. The van der Waals surface area contributed by atoms with Gasteiger partial charge in [-0.05, 0) is 25.6 Å². The molecule has 3 N–H and O–H groups in total. The van der Waals surface area contributed by atoms with E-state index in [1.165, 1.54) is 6.92 Å². The van der Waals surface area contributed by atoms with Gasteiger partial charge in [-0.3, -0.25) is 0 Å². The van der Waals surface area contributed by atoms with E-state index in [2.05, 4.69) is 4.74 Å².